The summed E-state index contributed by atoms with van der Waals surface area (Å²) in [5.74, 6) is 1.38. The lowest BCUT2D eigenvalue weighted by atomic mass is 9.71. The predicted octanol–water partition coefficient (Wildman–Crippen LogP) is 6.92. The molecular weight excluding hydrogens is 578 g/mol. The van der Waals surface area contributed by atoms with E-state index in [1.165, 1.54) is 28.4 Å². The van der Waals surface area contributed by atoms with Crippen LogP contribution in [0, 0.1) is 0 Å². The zero-order valence-corrected chi connectivity index (χ0v) is 25.1. The maximum absolute atomic E-state index is 15.4. The van der Waals surface area contributed by atoms with E-state index in [2.05, 4.69) is 0 Å². The van der Waals surface area contributed by atoms with Gasteiger partial charge in [0.1, 0.15) is 23.0 Å². The maximum atomic E-state index is 15.4. The molecule has 0 aliphatic rings. The Kier molecular flexibility index (Phi) is 10.0. The molecule has 0 N–H and O–H groups in total. The Hall–Kier alpha value is -4.13. The lowest BCUT2D eigenvalue weighted by Crippen LogP contribution is -2.51. The largest absolute Gasteiger partial charge is 0.497 e. The fourth-order valence-electron chi connectivity index (χ4n) is 4.81. The van der Waals surface area contributed by atoms with Gasteiger partial charge in [0.2, 0.25) is 5.78 Å². The SMILES string of the molecule is COc1ccc(C(OP=O)(C(=O)C(OP=O)(c2ccc(OC)cc2)c2ccc(OC)cc2)c2ccc(OC)cc2)cc1. The number of hydrogen-bond acceptors (Lipinski definition) is 9. The van der Waals surface area contributed by atoms with Crippen molar-refractivity contribution in [2.24, 2.45) is 0 Å². The van der Waals surface area contributed by atoms with Gasteiger partial charge >= 0.3 is 17.4 Å². The molecule has 0 radical (unpaired) electrons. The van der Waals surface area contributed by atoms with E-state index in [-0.39, 0.29) is 0 Å². The molecule has 0 heterocycles. The molecule has 0 unspecified atom stereocenters. The second-order valence-corrected chi connectivity index (χ2v) is 9.60. The van der Waals surface area contributed by atoms with Gasteiger partial charge in [-0.05, 0) is 70.8 Å². The van der Waals surface area contributed by atoms with Crippen molar-refractivity contribution in [2.75, 3.05) is 28.4 Å². The fraction of sp³-hybridized carbons (Fsp3) is 0.194. The van der Waals surface area contributed by atoms with Crippen LogP contribution in [-0.2, 0) is 34.2 Å². The van der Waals surface area contributed by atoms with Gasteiger partial charge in [-0.3, -0.25) is 13.8 Å². The normalized spacial score (nSPS) is 11.7. The highest BCUT2D eigenvalue weighted by atomic mass is 31.1. The molecule has 0 aliphatic carbocycles. The minimum absolute atomic E-state index is 0.319. The van der Waals surface area contributed by atoms with E-state index in [1.54, 1.807) is 97.1 Å². The van der Waals surface area contributed by atoms with Crippen LogP contribution in [0.25, 0.3) is 0 Å². The summed E-state index contributed by atoms with van der Waals surface area (Å²) >= 11 is 0. The third-order valence-corrected chi connectivity index (χ3v) is 7.67. The van der Waals surface area contributed by atoms with Gasteiger partial charge in [-0.25, -0.2) is 9.13 Å². The van der Waals surface area contributed by atoms with E-state index in [0.717, 1.165) is 0 Å². The third kappa shape index (κ3) is 5.65. The lowest BCUT2D eigenvalue weighted by Gasteiger charge is -2.40. The van der Waals surface area contributed by atoms with E-state index in [4.69, 9.17) is 28.0 Å². The van der Waals surface area contributed by atoms with Crippen LogP contribution in [0.4, 0.5) is 0 Å². The third-order valence-electron chi connectivity index (χ3n) is 6.97. The van der Waals surface area contributed by atoms with Gasteiger partial charge in [0.25, 0.3) is 0 Å². The monoisotopic (exact) mass is 606 g/mol. The number of rotatable bonds is 14. The molecule has 0 aromatic heterocycles. The standard InChI is InChI=1S/C31H28O9P2/c1-35-25-13-5-21(6-14-25)30(39-41-33,22-7-15-26(36-2)16-8-22)29(32)31(40-42-34,23-9-17-27(37-3)18-10-23)24-11-19-28(38-4)20-12-24/h5-20H,1-4H3. The molecule has 4 aromatic rings. The predicted molar refractivity (Wildman–Crippen MR) is 156 cm³/mol. The fourth-order valence-corrected chi connectivity index (χ4v) is 5.63. The number of methoxy groups -OCH3 is 4. The zero-order valence-electron chi connectivity index (χ0n) is 23.3. The molecule has 0 saturated heterocycles. The molecule has 0 bridgehead atoms. The quantitative estimate of drug-likeness (QED) is 0.141. The van der Waals surface area contributed by atoms with Crippen LogP contribution in [0.15, 0.2) is 97.1 Å². The van der Waals surface area contributed by atoms with Crippen molar-refractivity contribution in [3.63, 3.8) is 0 Å². The van der Waals surface area contributed by atoms with Crippen LogP contribution in [0.1, 0.15) is 22.3 Å². The van der Waals surface area contributed by atoms with Gasteiger partial charge in [-0.2, -0.15) is 0 Å². The maximum Gasteiger partial charge on any atom is 0.329 e. The number of benzene rings is 4. The number of hydrogen-bond donors (Lipinski definition) is 0. The topological polar surface area (TPSA) is 107 Å². The Balaban J connectivity index is 2.11. The first kappa shape index (κ1) is 30.8. The molecule has 0 saturated carbocycles. The van der Waals surface area contributed by atoms with Gasteiger partial charge in [-0.15, -0.1) is 0 Å². The summed E-state index contributed by atoms with van der Waals surface area (Å²) < 4.78 is 58.0. The number of ketones is 1. The van der Waals surface area contributed by atoms with Crippen LogP contribution < -0.4 is 18.9 Å². The van der Waals surface area contributed by atoms with E-state index in [9.17, 15) is 9.13 Å². The van der Waals surface area contributed by atoms with Gasteiger partial charge in [0.15, 0.2) is 11.2 Å². The smallest absolute Gasteiger partial charge is 0.329 e. The van der Waals surface area contributed by atoms with Gasteiger partial charge in [0.05, 0.1) is 28.4 Å². The summed E-state index contributed by atoms with van der Waals surface area (Å²) in [5.41, 5.74) is -2.82. The highest BCUT2D eigenvalue weighted by Gasteiger charge is 2.57. The second-order valence-electron chi connectivity index (χ2n) is 8.94. The minimum atomic E-state index is -2.05. The molecule has 0 amide bonds. The minimum Gasteiger partial charge on any atom is -0.497 e. The van der Waals surface area contributed by atoms with E-state index in [1.807, 2.05) is 0 Å². The van der Waals surface area contributed by atoms with Gasteiger partial charge in [-0.1, -0.05) is 48.5 Å². The van der Waals surface area contributed by atoms with Crippen LogP contribution in [0.5, 0.6) is 23.0 Å². The lowest BCUT2D eigenvalue weighted by molar-refractivity contribution is -0.145. The molecule has 0 aliphatic heterocycles. The first-order valence-corrected chi connectivity index (χ1v) is 14.0. The average Bonchev–Trinajstić information content (AvgIpc) is 3.06. The molecule has 11 heteroatoms. The van der Waals surface area contributed by atoms with Crippen molar-refractivity contribution in [1.29, 1.82) is 0 Å². The summed E-state index contributed by atoms with van der Waals surface area (Å²) in [4.78, 5) is 15.4. The number of carbonyl (C=O) groups is 1. The Labute approximate surface area is 246 Å². The Morgan fingerprint density at radius 2 is 0.667 bits per heavy atom. The molecule has 42 heavy (non-hydrogen) atoms. The molecule has 0 spiro atoms. The van der Waals surface area contributed by atoms with Crippen molar-refractivity contribution < 1.29 is 41.9 Å². The number of Topliss-reactive ketones (excluding diaryl/α,β-unsaturated/α-hetero) is 1. The van der Waals surface area contributed by atoms with Crippen molar-refractivity contribution in [3.8, 4) is 23.0 Å². The Morgan fingerprint density at radius 3 is 0.833 bits per heavy atom. The molecule has 4 rings (SSSR count). The van der Waals surface area contributed by atoms with Gasteiger partial charge in [0, 0.05) is 0 Å². The van der Waals surface area contributed by atoms with Gasteiger partial charge < -0.3 is 18.9 Å². The van der Waals surface area contributed by atoms with Crippen LogP contribution in [0.2, 0.25) is 0 Å². The van der Waals surface area contributed by atoms with Crippen LogP contribution >= 0.6 is 17.4 Å². The first-order valence-electron chi connectivity index (χ1n) is 12.6. The van der Waals surface area contributed by atoms with E-state index < -0.39 is 34.4 Å². The summed E-state index contributed by atoms with van der Waals surface area (Å²) in [7, 11) is 4.47. The van der Waals surface area contributed by atoms with Crippen molar-refractivity contribution in [2.45, 2.75) is 11.2 Å². The summed E-state index contributed by atoms with van der Waals surface area (Å²) in [6.07, 6.45) is 0. The molecule has 4 aromatic carbocycles. The van der Waals surface area contributed by atoms with Crippen LogP contribution in [0.3, 0.4) is 0 Å². The first-order chi connectivity index (χ1) is 20.4. The average molecular weight is 607 g/mol. The Morgan fingerprint density at radius 1 is 0.452 bits per heavy atom. The van der Waals surface area contributed by atoms with Crippen LogP contribution in [-0.4, -0.2) is 34.2 Å². The summed E-state index contributed by atoms with van der Waals surface area (Å²) in [6, 6.07) is 26.3. The van der Waals surface area contributed by atoms with Crippen molar-refractivity contribution in [1.82, 2.24) is 0 Å². The molecule has 216 valence electrons. The Bertz CT molecular complexity index is 1290. The molecule has 9 nitrogen and oxygen atoms in total. The van der Waals surface area contributed by atoms with Crippen molar-refractivity contribution >= 4 is 23.2 Å². The molecular formula is C31H28O9P2. The number of ether oxygens (including phenoxy) is 4. The second kappa shape index (κ2) is 13.7. The zero-order chi connectivity index (χ0) is 30.2. The highest BCUT2D eigenvalue weighted by Crippen LogP contribution is 2.49. The summed E-state index contributed by atoms with van der Waals surface area (Å²) in [5, 5.41) is 0. The van der Waals surface area contributed by atoms with Crippen molar-refractivity contribution in [3.05, 3.63) is 119 Å². The number of carbonyl (C=O) groups excluding carboxylic acids is 1. The summed E-state index contributed by atoms with van der Waals surface area (Å²) in [6.45, 7) is 0. The molecule has 0 atom stereocenters. The van der Waals surface area contributed by atoms with E-state index in [0.29, 0.717) is 45.3 Å². The molecule has 0 fully saturated rings. The van der Waals surface area contributed by atoms with E-state index >= 15 is 4.79 Å². The highest BCUT2D eigenvalue weighted by molar-refractivity contribution is 7.17.